The van der Waals surface area contributed by atoms with Gasteiger partial charge >= 0.3 is 12.2 Å². The standard InChI is InChI=1S/C22H21ClF4N4O2/c1-13(17-11-29-20(32)16-5-3-2-4-15(16)17)31(9-8-28-12-22(25,26)27)21(33)30-14-6-7-19(24)18(23)10-14/h2-7,10-11,13,28H,8-9,12H2,1H3,(H,29,32)(H,30,33)/t13-/m0/s1. The number of urea groups is 1. The van der Waals surface area contributed by atoms with Gasteiger partial charge in [-0.3, -0.25) is 4.79 Å². The molecule has 3 N–H and O–H groups in total. The van der Waals surface area contributed by atoms with Crippen LogP contribution in [0.5, 0.6) is 0 Å². The molecule has 0 aliphatic carbocycles. The van der Waals surface area contributed by atoms with Crippen molar-refractivity contribution in [2.45, 2.75) is 19.1 Å². The molecular weight excluding hydrogens is 464 g/mol. The molecule has 1 aromatic heterocycles. The molecule has 0 aliphatic heterocycles. The molecule has 2 aromatic carbocycles. The van der Waals surface area contributed by atoms with Gasteiger partial charge in [0.15, 0.2) is 0 Å². The summed E-state index contributed by atoms with van der Waals surface area (Å²) in [6, 6.07) is 9.20. The summed E-state index contributed by atoms with van der Waals surface area (Å²) in [6.45, 7) is 0.279. The lowest BCUT2D eigenvalue weighted by molar-refractivity contribution is -0.124. The topological polar surface area (TPSA) is 77.2 Å². The predicted molar refractivity (Wildman–Crippen MR) is 119 cm³/mol. The Morgan fingerprint density at radius 2 is 1.88 bits per heavy atom. The molecule has 0 radical (unpaired) electrons. The van der Waals surface area contributed by atoms with E-state index in [1.807, 2.05) is 0 Å². The number of pyridine rings is 1. The van der Waals surface area contributed by atoms with E-state index in [4.69, 9.17) is 11.6 Å². The van der Waals surface area contributed by atoms with Gasteiger partial charge in [-0.05, 0) is 42.1 Å². The van der Waals surface area contributed by atoms with Crippen LogP contribution in [0.1, 0.15) is 18.5 Å². The van der Waals surface area contributed by atoms with Crippen LogP contribution in [-0.2, 0) is 0 Å². The van der Waals surface area contributed by atoms with Crippen molar-refractivity contribution in [3.05, 3.63) is 75.4 Å². The Bertz CT molecular complexity index is 1200. The highest BCUT2D eigenvalue weighted by molar-refractivity contribution is 6.31. The number of nitrogens with zero attached hydrogens (tertiary/aromatic N) is 1. The SMILES string of the molecule is C[C@@H](c1c[nH]c(=O)c2ccccc12)N(CCNCC(F)(F)F)C(=O)Nc1ccc(F)c(Cl)c1. The van der Waals surface area contributed by atoms with E-state index < -0.39 is 30.6 Å². The van der Waals surface area contributed by atoms with Crippen molar-refractivity contribution in [2.75, 3.05) is 25.0 Å². The van der Waals surface area contributed by atoms with Crippen LogP contribution in [0.15, 0.2) is 53.5 Å². The van der Waals surface area contributed by atoms with Gasteiger partial charge in [-0.15, -0.1) is 0 Å². The summed E-state index contributed by atoms with van der Waals surface area (Å²) in [6.07, 6.45) is -2.91. The van der Waals surface area contributed by atoms with Crippen LogP contribution in [0.2, 0.25) is 5.02 Å². The molecule has 2 amide bonds. The van der Waals surface area contributed by atoms with Gasteiger partial charge in [0.1, 0.15) is 5.82 Å². The highest BCUT2D eigenvalue weighted by Gasteiger charge is 2.27. The first-order valence-corrected chi connectivity index (χ1v) is 10.3. The van der Waals surface area contributed by atoms with Crippen LogP contribution in [0.3, 0.4) is 0 Å². The largest absolute Gasteiger partial charge is 0.401 e. The van der Waals surface area contributed by atoms with E-state index in [1.54, 1.807) is 31.2 Å². The van der Waals surface area contributed by atoms with E-state index in [0.29, 0.717) is 16.3 Å². The molecule has 3 aromatic rings. The van der Waals surface area contributed by atoms with E-state index in [2.05, 4.69) is 15.6 Å². The summed E-state index contributed by atoms with van der Waals surface area (Å²) < 4.78 is 50.9. The minimum Gasteiger partial charge on any atom is -0.328 e. The van der Waals surface area contributed by atoms with Gasteiger partial charge < -0.3 is 20.5 Å². The number of halogens is 5. The highest BCUT2D eigenvalue weighted by atomic mass is 35.5. The summed E-state index contributed by atoms with van der Waals surface area (Å²) in [7, 11) is 0. The smallest absolute Gasteiger partial charge is 0.328 e. The lowest BCUT2D eigenvalue weighted by Gasteiger charge is -2.30. The molecule has 1 heterocycles. The molecular formula is C22H21ClF4N4O2. The first kappa shape index (κ1) is 24.5. The third-order valence-corrected chi connectivity index (χ3v) is 5.34. The van der Waals surface area contributed by atoms with E-state index >= 15 is 0 Å². The molecule has 176 valence electrons. The molecule has 11 heteroatoms. The minimum absolute atomic E-state index is 0.0779. The van der Waals surface area contributed by atoms with E-state index in [9.17, 15) is 27.2 Å². The Morgan fingerprint density at radius 3 is 2.55 bits per heavy atom. The number of benzene rings is 2. The number of fused-ring (bicyclic) bond motifs is 1. The second-order valence-corrected chi connectivity index (χ2v) is 7.75. The van der Waals surface area contributed by atoms with Crippen LogP contribution in [0.25, 0.3) is 10.8 Å². The maximum absolute atomic E-state index is 13.4. The fraction of sp³-hybridized carbons (Fsp3) is 0.273. The van der Waals surface area contributed by atoms with Crippen LogP contribution in [0.4, 0.5) is 28.0 Å². The Morgan fingerprint density at radius 1 is 1.18 bits per heavy atom. The number of hydrogen-bond donors (Lipinski definition) is 3. The summed E-state index contributed by atoms with van der Waals surface area (Å²) in [5.74, 6) is -0.657. The number of hydrogen-bond acceptors (Lipinski definition) is 3. The van der Waals surface area contributed by atoms with Crippen LogP contribution >= 0.6 is 11.6 Å². The molecule has 0 spiro atoms. The molecule has 0 bridgehead atoms. The molecule has 6 nitrogen and oxygen atoms in total. The number of alkyl halides is 3. The minimum atomic E-state index is -4.39. The van der Waals surface area contributed by atoms with Gasteiger partial charge in [0.2, 0.25) is 0 Å². The average molecular weight is 485 g/mol. The second kappa shape index (κ2) is 10.2. The molecule has 33 heavy (non-hydrogen) atoms. The molecule has 0 saturated heterocycles. The molecule has 0 fully saturated rings. The highest BCUT2D eigenvalue weighted by Crippen LogP contribution is 2.27. The second-order valence-electron chi connectivity index (χ2n) is 7.34. The van der Waals surface area contributed by atoms with Gasteiger partial charge in [0.05, 0.1) is 17.6 Å². The molecule has 3 rings (SSSR count). The number of amides is 2. The number of anilines is 1. The zero-order valence-corrected chi connectivity index (χ0v) is 18.2. The van der Waals surface area contributed by atoms with Gasteiger partial charge in [0.25, 0.3) is 5.56 Å². The average Bonchev–Trinajstić information content (AvgIpc) is 2.75. The van der Waals surface area contributed by atoms with Crippen molar-refractivity contribution in [1.82, 2.24) is 15.2 Å². The number of nitrogens with one attached hydrogen (secondary N) is 3. The summed E-state index contributed by atoms with van der Waals surface area (Å²) in [4.78, 5) is 29.2. The van der Waals surface area contributed by atoms with Crippen molar-refractivity contribution < 1.29 is 22.4 Å². The number of aromatic nitrogens is 1. The van der Waals surface area contributed by atoms with Crippen molar-refractivity contribution in [2.24, 2.45) is 0 Å². The van der Waals surface area contributed by atoms with Crippen molar-refractivity contribution in [3.8, 4) is 0 Å². The molecule has 1 atom stereocenters. The Kier molecular flexibility index (Phi) is 7.60. The Labute approximate surface area is 191 Å². The third-order valence-electron chi connectivity index (χ3n) is 5.05. The number of aromatic amines is 1. The van der Waals surface area contributed by atoms with Crippen molar-refractivity contribution in [1.29, 1.82) is 0 Å². The lowest BCUT2D eigenvalue weighted by atomic mass is 10.0. The molecule has 0 aliphatic rings. The van der Waals surface area contributed by atoms with E-state index in [-0.39, 0.29) is 29.4 Å². The summed E-state index contributed by atoms with van der Waals surface area (Å²) in [5.41, 5.74) is 0.525. The van der Waals surface area contributed by atoms with Crippen LogP contribution in [-0.4, -0.2) is 41.7 Å². The van der Waals surface area contributed by atoms with E-state index in [1.165, 1.54) is 23.2 Å². The Hall–Kier alpha value is -3.11. The van der Waals surface area contributed by atoms with Crippen molar-refractivity contribution in [3.63, 3.8) is 0 Å². The first-order chi connectivity index (χ1) is 15.6. The van der Waals surface area contributed by atoms with E-state index in [0.717, 1.165) is 6.07 Å². The number of carbonyl (C=O) groups excluding carboxylic acids is 1. The molecule has 0 saturated carbocycles. The lowest BCUT2D eigenvalue weighted by Crippen LogP contribution is -2.42. The monoisotopic (exact) mass is 484 g/mol. The zero-order chi connectivity index (χ0) is 24.2. The number of H-pyrrole nitrogens is 1. The normalized spacial score (nSPS) is 12.5. The quantitative estimate of drug-likeness (QED) is 0.324. The fourth-order valence-electron chi connectivity index (χ4n) is 3.42. The summed E-state index contributed by atoms with van der Waals surface area (Å²) >= 11 is 5.77. The van der Waals surface area contributed by atoms with Crippen molar-refractivity contribution >= 4 is 34.1 Å². The summed E-state index contributed by atoms with van der Waals surface area (Å²) in [5, 5.41) is 5.70. The number of carbonyl (C=O) groups is 1. The zero-order valence-electron chi connectivity index (χ0n) is 17.5. The van der Waals surface area contributed by atoms with Gasteiger partial charge in [-0.25, -0.2) is 9.18 Å². The van der Waals surface area contributed by atoms with Gasteiger partial charge in [-0.2, -0.15) is 13.2 Å². The van der Waals surface area contributed by atoms with Crippen LogP contribution in [0, 0.1) is 5.82 Å². The van der Waals surface area contributed by atoms with Gasteiger partial charge in [0, 0.05) is 30.4 Å². The van der Waals surface area contributed by atoms with Gasteiger partial charge in [-0.1, -0.05) is 29.8 Å². The predicted octanol–water partition coefficient (Wildman–Crippen LogP) is 5.07. The third kappa shape index (κ3) is 6.23. The molecule has 0 unspecified atom stereocenters. The maximum atomic E-state index is 13.4. The maximum Gasteiger partial charge on any atom is 0.401 e. The number of rotatable bonds is 7. The fourth-order valence-corrected chi connectivity index (χ4v) is 3.60. The van der Waals surface area contributed by atoms with Crippen LogP contribution < -0.4 is 16.2 Å². The first-order valence-electron chi connectivity index (χ1n) is 9.97. The Balaban J connectivity index is 1.89.